The van der Waals surface area contributed by atoms with Gasteiger partial charge in [0.1, 0.15) is 12.7 Å². The molecule has 4 heteroatoms. The van der Waals surface area contributed by atoms with E-state index in [4.69, 9.17) is 18.9 Å². The van der Waals surface area contributed by atoms with Crippen LogP contribution in [0.3, 0.4) is 0 Å². The Labute approximate surface area is 82.8 Å². The molecule has 3 aliphatic heterocycles. The Morgan fingerprint density at radius 2 is 2.21 bits per heavy atom. The summed E-state index contributed by atoms with van der Waals surface area (Å²) in [6, 6.07) is 0. The molecule has 0 radical (unpaired) electrons. The summed E-state index contributed by atoms with van der Waals surface area (Å²) < 4.78 is 22.5. The molecule has 78 valence electrons. The molecule has 3 heterocycles. The highest BCUT2D eigenvalue weighted by Crippen LogP contribution is 2.41. The van der Waals surface area contributed by atoms with Crippen LogP contribution in [0.1, 0.15) is 13.3 Å². The second kappa shape index (κ2) is 2.95. The Bertz CT molecular complexity index is 267. The van der Waals surface area contributed by atoms with Gasteiger partial charge in [-0.05, 0) is 12.0 Å². The third kappa shape index (κ3) is 0.988. The number of hydrogen-bond acceptors (Lipinski definition) is 4. The molecule has 2 unspecified atom stereocenters. The Balaban J connectivity index is 1.83. The average molecular weight is 198 g/mol. The SMILES string of the molecule is CCC1=COC2C1OCC21OCCO1. The van der Waals surface area contributed by atoms with E-state index in [1.54, 1.807) is 6.26 Å². The maximum absolute atomic E-state index is 5.67. The zero-order chi connectivity index (χ0) is 9.60. The minimum absolute atomic E-state index is 0.0399. The summed E-state index contributed by atoms with van der Waals surface area (Å²) in [4.78, 5) is 0. The molecular weight excluding hydrogens is 184 g/mol. The molecule has 3 aliphatic rings. The van der Waals surface area contributed by atoms with Gasteiger partial charge < -0.3 is 18.9 Å². The molecule has 0 aliphatic carbocycles. The summed E-state index contributed by atoms with van der Waals surface area (Å²) >= 11 is 0. The van der Waals surface area contributed by atoms with Gasteiger partial charge >= 0.3 is 0 Å². The van der Waals surface area contributed by atoms with Crippen LogP contribution >= 0.6 is 0 Å². The van der Waals surface area contributed by atoms with Crippen LogP contribution in [0.4, 0.5) is 0 Å². The molecular formula is C10H14O4. The third-order valence-corrected chi connectivity index (χ3v) is 3.09. The maximum atomic E-state index is 5.67. The lowest BCUT2D eigenvalue weighted by atomic mass is 10.0. The van der Waals surface area contributed by atoms with Crippen LogP contribution < -0.4 is 0 Å². The topological polar surface area (TPSA) is 36.9 Å². The fourth-order valence-electron chi connectivity index (χ4n) is 2.31. The van der Waals surface area contributed by atoms with Gasteiger partial charge in [-0.15, -0.1) is 0 Å². The Kier molecular flexibility index (Phi) is 1.84. The lowest BCUT2D eigenvalue weighted by Crippen LogP contribution is -2.44. The van der Waals surface area contributed by atoms with E-state index in [1.165, 1.54) is 5.57 Å². The molecule has 1 spiro atoms. The van der Waals surface area contributed by atoms with Crippen molar-refractivity contribution in [1.82, 2.24) is 0 Å². The molecule has 4 nitrogen and oxygen atoms in total. The van der Waals surface area contributed by atoms with E-state index < -0.39 is 5.79 Å². The molecule has 0 amide bonds. The van der Waals surface area contributed by atoms with Crippen molar-refractivity contribution in [2.45, 2.75) is 31.3 Å². The van der Waals surface area contributed by atoms with Crippen LogP contribution in [0.15, 0.2) is 11.8 Å². The first-order valence-electron chi connectivity index (χ1n) is 5.09. The summed E-state index contributed by atoms with van der Waals surface area (Å²) in [5.41, 5.74) is 1.20. The quantitative estimate of drug-likeness (QED) is 0.625. The highest BCUT2D eigenvalue weighted by molar-refractivity contribution is 5.19. The first-order valence-corrected chi connectivity index (χ1v) is 5.09. The van der Waals surface area contributed by atoms with Crippen LogP contribution in [0.5, 0.6) is 0 Å². The summed E-state index contributed by atoms with van der Waals surface area (Å²) in [6.07, 6.45) is 2.69. The summed E-state index contributed by atoms with van der Waals surface area (Å²) in [5, 5.41) is 0. The largest absolute Gasteiger partial charge is 0.489 e. The van der Waals surface area contributed by atoms with Crippen LogP contribution in [-0.2, 0) is 18.9 Å². The fourth-order valence-corrected chi connectivity index (χ4v) is 2.31. The predicted octanol–water partition coefficient (Wildman–Crippen LogP) is 0.821. The average Bonchev–Trinajstić information content (AvgIpc) is 2.88. The molecule has 0 aromatic rings. The van der Waals surface area contributed by atoms with Crippen LogP contribution in [0, 0.1) is 0 Å². The number of ether oxygens (including phenoxy) is 4. The minimum atomic E-state index is -0.627. The molecule has 0 aromatic heterocycles. The zero-order valence-corrected chi connectivity index (χ0v) is 8.19. The molecule has 0 saturated carbocycles. The first kappa shape index (κ1) is 8.71. The van der Waals surface area contributed by atoms with Gasteiger partial charge in [-0.2, -0.15) is 0 Å². The van der Waals surface area contributed by atoms with E-state index in [2.05, 4.69) is 6.92 Å². The van der Waals surface area contributed by atoms with E-state index in [0.717, 1.165) is 6.42 Å². The molecule has 2 saturated heterocycles. The first-order chi connectivity index (χ1) is 6.86. The van der Waals surface area contributed by atoms with Crippen molar-refractivity contribution in [3.63, 3.8) is 0 Å². The van der Waals surface area contributed by atoms with Gasteiger partial charge in [-0.1, -0.05) is 6.92 Å². The zero-order valence-electron chi connectivity index (χ0n) is 8.19. The van der Waals surface area contributed by atoms with Crippen molar-refractivity contribution >= 4 is 0 Å². The van der Waals surface area contributed by atoms with E-state index in [9.17, 15) is 0 Å². The van der Waals surface area contributed by atoms with E-state index in [-0.39, 0.29) is 12.2 Å². The van der Waals surface area contributed by atoms with Gasteiger partial charge in [0.25, 0.3) is 0 Å². The third-order valence-electron chi connectivity index (χ3n) is 3.09. The number of hydrogen-bond donors (Lipinski definition) is 0. The van der Waals surface area contributed by atoms with Gasteiger partial charge in [-0.3, -0.25) is 0 Å². The molecule has 0 aromatic carbocycles. The molecule has 2 atom stereocenters. The van der Waals surface area contributed by atoms with Crippen molar-refractivity contribution in [3.8, 4) is 0 Å². The number of rotatable bonds is 1. The van der Waals surface area contributed by atoms with Crippen molar-refractivity contribution in [2.24, 2.45) is 0 Å². The predicted molar refractivity (Wildman–Crippen MR) is 47.6 cm³/mol. The summed E-state index contributed by atoms with van der Waals surface area (Å²) in [5.74, 6) is -0.627. The summed E-state index contributed by atoms with van der Waals surface area (Å²) in [6.45, 7) is 3.86. The number of fused-ring (bicyclic) bond motifs is 2. The monoisotopic (exact) mass is 198 g/mol. The van der Waals surface area contributed by atoms with E-state index in [1.807, 2.05) is 0 Å². The Morgan fingerprint density at radius 1 is 1.43 bits per heavy atom. The molecule has 14 heavy (non-hydrogen) atoms. The smallest absolute Gasteiger partial charge is 0.233 e. The van der Waals surface area contributed by atoms with Crippen LogP contribution in [-0.4, -0.2) is 37.8 Å². The highest BCUT2D eigenvalue weighted by atomic mass is 16.8. The normalized spacial score (nSPS) is 38.5. The lowest BCUT2D eigenvalue weighted by Gasteiger charge is -2.25. The van der Waals surface area contributed by atoms with Gasteiger partial charge in [-0.25, -0.2) is 0 Å². The fraction of sp³-hybridized carbons (Fsp3) is 0.800. The Morgan fingerprint density at radius 3 is 2.93 bits per heavy atom. The van der Waals surface area contributed by atoms with Gasteiger partial charge in [0.15, 0.2) is 6.10 Å². The van der Waals surface area contributed by atoms with Gasteiger partial charge in [0, 0.05) is 0 Å². The molecule has 0 N–H and O–H groups in total. The molecule has 2 fully saturated rings. The summed E-state index contributed by atoms with van der Waals surface area (Å²) in [7, 11) is 0. The van der Waals surface area contributed by atoms with Gasteiger partial charge in [0.05, 0.1) is 19.5 Å². The van der Waals surface area contributed by atoms with Crippen molar-refractivity contribution in [2.75, 3.05) is 19.8 Å². The van der Waals surface area contributed by atoms with Crippen molar-refractivity contribution in [1.29, 1.82) is 0 Å². The minimum Gasteiger partial charge on any atom is -0.489 e. The second-order valence-corrected chi connectivity index (χ2v) is 3.84. The lowest BCUT2D eigenvalue weighted by molar-refractivity contribution is -0.198. The molecule has 3 rings (SSSR count). The van der Waals surface area contributed by atoms with Gasteiger partial charge in [0.2, 0.25) is 5.79 Å². The Hall–Kier alpha value is -0.580. The van der Waals surface area contributed by atoms with E-state index >= 15 is 0 Å². The van der Waals surface area contributed by atoms with E-state index in [0.29, 0.717) is 19.8 Å². The standard InChI is InChI=1S/C10H14O4/c1-2-7-5-11-9-8(7)12-6-10(9)13-3-4-14-10/h5,8-9H,2-4,6H2,1H3. The van der Waals surface area contributed by atoms with Crippen LogP contribution in [0.25, 0.3) is 0 Å². The van der Waals surface area contributed by atoms with Crippen molar-refractivity contribution in [3.05, 3.63) is 11.8 Å². The maximum Gasteiger partial charge on any atom is 0.233 e. The second-order valence-electron chi connectivity index (χ2n) is 3.84. The highest BCUT2D eigenvalue weighted by Gasteiger charge is 2.58. The molecule has 0 bridgehead atoms. The van der Waals surface area contributed by atoms with Crippen LogP contribution in [0.2, 0.25) is 0 Å². The van der Waals surface area contributed by atoms with Crippen molar-refractivity contribution < 1.29 is 18.9 Å².